The van der Waals surface area contributed by atoms with Crippen molar-refractivity contribution >= 4 is 17.3 Å². The van der Waals surface area contributed by atoms with E-state index in [-0.39, 0.29) is 17.1 Å². The first-order valence-corrected chi connectivity index (χ1v) is 7.70. The van der Waals surface area contributed by atoms with Crippen LogP contribution in [0, 0.1) is 10.1 Å². The van der Waals surface area contributed by atoms with Gasteiger partial charge in [-0.05, 0) is 45.2 Å². The zero-order valence-corrected chi connectivity index (χ0v) is 13.4. The van der Waals surface area contributed by atoms with Gasteiger partial charge in [0.15, 0.2) is 0 Å². The maximum atomic E-state index is 12.3. The molecule has 0 bridgehead atoms. The molecule has 1 amide bonds. The lowest BCUT2D eigenvalue weighted by molar-refractivity contribution is -0.384. The first kappa shape index (κ1) is 16.3. The average molecular weight is 305 g/mol. The van der Waals surface area contributed by atoms with Gasteiger partial charge in [0.05, 0.1) is 4.92 Å². The summed E-state index contributed by atoms with van der Waals surface area (Å²) in [7, 11) is 0. The van der Waals surface area contributed by atoms with Gasteiger partial charge in [-0.3, -0.25) is 14.9 Å². The van der Waals surface area contributed by atoms with Gasteiger partial charge in [-0.1, -0.05) is 6.92 Å². The van der Waals surface area contributed by atoms with Crippen LogP contribution >= 0.6 is 0 Å². The maximum Gasteiger partial charge on any atom is 0.293 e. The second kappa shape index (κ2) is 6.34. The highest BCUT2D eigenvalue weighted by Crippen LogP contribution is 2.31. The van der Waals surface area contributed by atoms with E-state index < -0.39 is 4.92 Å². The van der Waals surface area contributed by atoms with Crippen LogP contribution in [0.5, 0.6) is 0 Å². The standard InChI is InChI=1S/C16H23N3O3/c1-4-16(2,3)17-15(20)12-7-8-13(14(11-12)19(21)22)18-9-5-6-10-18/h7-8,11H,4-6,9-10H2,1-3H3,(H,17,20). The summed E-state index contributed by atoms with van der Waals surface area (Å²) in [6.07, 6.45) is 2.88. The maximum absolute atomic E-state index is 12.3. The predicted molar refractivity (Wildman–Crippen MR) is 86.4 cm³/mol. The van der Waals surface area contributed by atoms with Gasteiger partial charge < -0.3 is 10.2 Å². The molecule has 1 N–H and O–H groups in total. The van der Waals surface area contributed by atoms with Gasteiger partial charge in [-0.25, -0.2) is 0 Å². The Balaban J connectivity index is 2.29. The van der Waals surface area contributed by atoms with Gasteiger partial charge in [-0.15, -0.1) is 0 Å². The van der Waals surface area contributed by atoms with E-state index in [1.165, 1.54) is 6.07 Å². The topological polar surface area (TPSA) is 75.5 Å². The minimum Gasteiger partial charge on any atom is -0.366 e. The van der Waals surface area contributed by atoms with Crippen molar-refractivity contribution < 1.29 is 9.72 Å². The van der Waals surface area contributed by atoms with Gasteiger partial charge in [0, 0.05) is 30.3 Å². The molecular weight excluding hydrogens is 282 g/mol. The molecule has 1 aliphatic rings. The molecule has 1 aromatic rings. The molecular formula is C16H23N3O3. The number of carbonyl (C=O) groups is 1. The van der Waals surface area contributed by atoms with E-state index in [1.807, 2.05) is 25.7 Å². The second-order valence-electron chi connectivity index (χ2n) is 6.35. The quantitative estimate of drug-likeness (QED) is 0.670. The van der Waals surface area contributed by atoms with E-state index in [1.54, 1.807) is 12.1 Å². The molecule has 1 heterocycles. The van der Waals surface area contributed by atoms with Crippen molar-refractivity contribution in [1.82, 2.24) is 5.32 Å². The fourth-order valence-electron chi connectivity index (χ4n) is 2.50. The van der Waals surface area contributed by atoms with E-state index in [0.29, 0.717) is 11.3 Å². The number of nitro groups is 1. The molecule has 0 radical (unpaired) electrons. The van der Waals surface area contributed by atoms with E-state index in [2.05, 4.69) is 5.32 Å². The highest BCUT2D eigenvalue weighted by atomic mass is 16.6. The van der Waals surface area contributed by atoms with Crippen molar-refractivity contribution in [3.05, 3.63) is 33.9 Å². The fraction of sp³-hybridized carbons (Fsp3) is 0.562. The number of hydrogen-bond acceptors (Lipinski definition) is 4. The molecule has 0 atom stereocenters. The van der Waals surface area contributed by atoms with E-state index in [0.717, 1.165) is 32.4 Å². The summed E-state index contributed by atoms with van der Waals surface area (Å²) in [6.45, 7) is 7.50. The molecule has 22 heavy (non-hydrogen) atoms. The molecule has 0 unspecified atom stereocenters. The van der Waals surface area contributed by atoms with E-state index in [4.69, 9.17) is 0 Å². The molecule has 2 rings (SSSR count). The summed E-state index contributed by atoms with van der Waals surface area (Å²) in [6, 6.07) is 4.74. The number of nitro benzene ring substituents is 1. The Morgan fingerprint density at radius 2 is 2.00 bits per heavy atom. The number of anilines is 1. The van der Waals surface area contributed by atoms with Crippen LogP contribution in [0.2, 0.25) is 0 Å². The summed E-state index contributed by atoms with van der Waals surface area (Å²) in [5.41, 5.74) is 0.605. The SMILES string of the molecule is CCC(C)(C)NC(=O)c1ccc(N2CCCC2)c([N+](=O)[O-])c1. The summed E-state index contributed by atoms with van der Waals surface area (Å²) in [5, 5.41) is 14.2. The largest absolute Gasteiger partial charge is 0.366 e. The van der Waals surface area contributed by atoms with Crippen molar-refractivity contribution in [2.24, 2.45) is 0 Å². The summed E-state index contributed by atoms with van der Waals surface area (Å²) >= 11 is 0. The molecule has 1 saturated heterocycles. The molecule has 1 fully saturated rings. The van der Waals surface area contributed by atoms with Gasteiger partial charge in [0.1, 0.15) is 5.69 Å². The van der Waals surface area contributed by atoms with Gasteiger partial charge in [-0.2, -0.15) is 0 Å². The zero-order valence-electron chi connectivity index (χ0n) is 13.4. The van der Waals surface area contributed by atoms with Gasteiger partial charge in [0.25, 0.3) is 11.6 Å². The smallest absolute Gasteiger partial charge is 0.293 e. The Labute approximate surface area is 130 Å². The lowest BCUT2D eigenvalue weighted by atomic mass is 10.0. The molecule has 0 saturated carbocycles. The fourth-order valence-corrected chi connectivity index (χ4v) is 2.50. The third kappa shape index (κ3) is 3.55. The molecule has 6 nitrogen and oxygen atoms in total. The highest BCUT2D eigenvalue weighted by Gasteiger charge is 2.25. The lowest BCUT2D eigenvalue weighted by Gasteiger charge is -2.24. The van der Waals surface area contributed by atoms with Crippen molar-refractivity contribution in [1.29, 1.82) is 0 Å². The van der Waals surface area contributed by atoms with Crippen LogP contribution < -0.4 is 10.2 Å². The Bertz CT molecular complexity index is 578. The Morgan fingerprint density at radius 1 is 1.36 bits per heavy atom. The molecule has 120 valence electrons. The first-order valence-electron chi connectivity index (χ1n) is 7.70. The van der Waals surface area contributed by atoms with Crippen LogP contribution in [0.15, 0.2) is 18.2 Å². The van der Waals surface area contributed by atoms with Crippen LogP contribution in [0.4, 0.5) is 11.4 Å². The summed E-state index contributed by atoms with van der Waals surface area (Å²) in [5.74, 6) is -0.275. The van der Waals surface area contributed by atoms with Crippen molar-refractivity contribution in [3.63, 3.8) is 0 Å². The number of hydrogen-bond donors (Lipinski definition) is 1. The molecule has 1 aromatic carbocycles. The Hall–Kier alpha value is -2.11. The summed E-state index contributed by atoms with van der Waals surface area (Å²) < 4.78 is 0. The molecule has 0 aromatic heterocycles. The molecule has 6 heteroatoms. The minimum atomic E-state index is -0.407. The number of nitrogens with one attached hydrogen (secondary N) is 1. The summed E-state index contributed by atoms with van der Waals surface area (Å²) in [4.78, 5) is 25.2. The van der Waals surface area contributed by atoms with Crippen LogP contribution in [-0.4, -0.2) is 29.5 Å². The van der Waals surface area contributed by atoms with Crippen molar-refractivity contribution in [3.8, 4) is 0 Å². The predicted octanol–water partition coefficient (Wildman–Crippen LogP) is 3.11. The van der Waals surface area contributed by atoms with Gasteiger partial charge >= 0.3 is 0 Å². The molecule has 0 aliphatic carbocycles. The normalized spacial score (nSPS) is 15.0. The van der Waals surface area contributed by atoms with Crippen molar-refractivity contribution in [2.45, 2.75) is 45.6 Å². The average Bonchev–Trinajstić information content (AvgIpc) is 3.00. The number of amides is 1. The van der Waals surface area contributed by atoms with Crippen LogP contribution in [0.25, 0.3) is 0 Å². The Morgan fingerprint density at radius 3 is 2.55 bits per heavy atom. The number of benzene rings is 1. The second-order valence-corrected chi connectivity index (χ2v) is 6.35. The third-order valence-corrected chi connectivity index (χ3v) is 4.22. The van der Waals surface area contributed by atoms with Crippen molar-refractivity contribution in [2.75, 3.05) is 18.0 Å². The van der Waals surface area contributed by atoms with Gasteiger partial charge in [0.2, 0.25) is 0 Å². The molecule has 0 spiro atoms. The zero-order chi connectivity index (χ0) is 16.3. The first-order chi connectivity index (χ1) is 10.3. The molecule has 1 aliphatic heterocycles. The number of rotatable bonds is 5. The minimum absolute atomic E-state index is 0.00357. The van der Waals surface area contributed by atoms with Crippen LogP contribution in [-0.2, 0) is 0 Å². The number of nitrogens with zero attached hydrogens (tertiary/aromatic N) is 2. The van der Waals surface area contributed by atoms with Crippen LogP contribution in [0.1, 0.15) is 50.4 Å². The van der Waals surface area contributed by atoms with E-state index >= 15 is 0 Å². The Kier molecular flexibility index (Phi) is 4.68. The van der Waals surface area contributed by atoms with E-state index in [9.17, 15) is 14.9 Å². The van der Waals surface area contributed by atoms with Crippen LogP contribution in [0.3, 0.4) is 0 Å². The lowest BCUT2D eigenvalue weighted by Crippen LogP contribution is -2.42. The monoisotopic (exact) mass is 305 g/mol. The third-order valence-electron chi connectivity index (χ3n) is 4.22. The number of carbonyl (C=O) groups excluding carboxylic acids is 1. The highest BCUT2D eigenvalue weighted by molar-refractivity contribution is 5.96.